The first-order valence-electron chi connectivity index (χ1n) is 5.34. The minimum absolute atomic E-state index is 0.0372. The molecule has 2 aromatic rings. The van der Waals surface area contributed by atoms with Crippen LogP contribution in [0, 0.1) is 15.9 Å². The summed E-state index contributed by atoms with van der Waals surface area (Å²) in [6.45, 7) is 0. The third kappa shape index (κ3) is 2.55. The van der Waals surface area contributed by atoms with E-state index < -0.39 is 22.3 Å². The fourth-order valence-electron chi connectivity index (χ4n) is 1.46. The van der Waals surface area contributed by atoms with Crippen LogP contribution in [-0.2, 0) is 7.05 Å². The van der Waals surface area contributed by atoms with Gasteiger partial charge in [0.1, 0.15) is 0 Å². The van der Waals surface area contributed by atoms with E-state index in [0.29, 0.717) is 0 Å². The number of hydrogen-bond donors (Lipinski definition) is 1. The molecule has 2 N–H and O–H groups in total. The molecule has 104 valence electrons. The number of amides is 1. The van der Waals surface area contributed by atoms with Crippen LogP contribution in [0.4, 0.5) is 10.1 Å². The molecule has 0 aliphatic heterocycles. The number of aryl methyl sites for hydroxylation is 1. The van der Waals surface area contributed by atoms with Gasteiger partial charge in [-0.2, -0.15) is 5.10 Å². The lowest BCUT2D eigenvalue weighted by Gasteiger charge is -2.05. The van der Waals surface area contributed by atoms with Crippen LogP contribution in [0.15, 0.2) is 24.3 Å². The zero-order chi connectivity index (χ0) is 14.9. The number of nitro groups is 1. The maximum absolute atomic E-state index is 13.6. The normalized spacial score (nSPS) is 10.3. The Balaban J connectivity index is 2.30. The predicted molar refractivity (Wildman–Crippen MR) is 64.9 cm³/mol. The van der Waals surface area contributed by atoms with Crippen LogP contribution in [-0.4, -0.2) is 20.6 Å². The van der Waals surface area contributed by atoms with Gasteiger partial charge in [0.05, 0.1) is 11.0 Å². The van der Waals surface area contributed by atoms with Gasteiger partial charge >= 0.3 is 0 Å². The van der Waals surface area contributed by atoms with E-state index in [1.165, 1.54) is 17.8 Å². The maximum Gasteiger partial charge on any atom is 0.272 e. The first kappa shape index (κ1) is 13.5. The highest BCUT2D eigenvalue weighted by Crippen LogP contribution is 2.27. The average Bonchev–Trinajstić information content (AvgIpc) is 2.73. The Labute approximate surface area is 111 Å². The molecule has 1 aromatic carbocycles. The predicted octanol–water partition coefficient (Wildman–Crippen LogP) is 1.36. The smallest absolute Gasteiger partial charge is 0.272 e. The molecule has 1 aromatic heterocycles. The molecule has 0 aliphatic carbocycles. The van der Waals surface area contributed by atoms with Crippen molar-refractivity contribution < 1.29 is 18.8 Å². The van der Waals surface area contributed by atoms with Crippen molar-refractivity contribution in [3.05, 3.63) is 45.9 Å². The molecule has 9 heteroatoms. The van der Waals surface area contributed by atoms with Crippen molar-refractivity contribution in [3.8, 4) is 11.6 Å². The van der Waals surface area contributed by atoms with Crippen molar-refractivity contribution >= 4 is 11.6 Å². The molecule has 8 nitrogen and oxygen atoms in total. The molecule has 0 bridgehead atoms. The average molecular weight is 280 g/mol. The summed E-state index contributed by atoms with van der Waals surface area (Å²) in [7, 11) is 1.48. The van der Waals surface area contributed by atoms with E-state index in [4.69, 9.17) is 10.5 Å². The van der Waals surface area contributed by atoms with Gasteiger partial charge < -0.3 is 10.5 Å². The van der Waals surface area contributed by atoms with Gasteiger partial charge in [-0.25, -0.2) is 9.07 Å². The van der Waals surface area contributed by atoms with Crippen molar-refractivity contribution in [1.29, 1.82) is 0 Å². The Hall–Kier alpha value is -2.97. The fourth-order valence-corrected chi connectivity index (χ4v) is 1.46. The summed E-state index contributed by atoms with van der Waals surface area (Å²) < 4.78 is 20.0. The molecule has 20 heavy (non-hydrogen) atoms. The van der Waals surface area contributed by atoms with Crippen LogP contribution < -0.4 is 10.5 Å². The summed E-state index contributed by atoms with van der Waals surface area (Å²) >= 11 is 0. The highest BCUT2D eigenvalue weighted by Gasteiger charge is 2.15. The molecule has 0 saturated heterocycles. The van der Waals surface area contributed by atoms with E-state index in [1.807, 2.05) is 0 Å². The highest BCUT2D eigenvalue weighted by atomic mass is 19.1. The molecule has 2 rings (SSSR count). The van der Waals surface area contributed by atoms with Crippen LogP contribution in [0.5, 0.6) is 11.6 Å². The Morgan fingerprint density at radius 3 is 2.70 bits per heavy atom. The number of carbonyl (C=O) groups is 1. The van der Waals surface area contributed by atoms with Gasteiger partial charge in [0.15, 0.2) is 17.3 Å². The second kappa shape index (κ2) is 4.96. The SMILES string of the molecule is Cn1nc(C(N)=O)cc1Oc1ccc([N+](=O)[O-])cc1F. The Bertz CT molecular complexity index is 698. The first-order valence-corrected chi connectivity index (χ1v) is 5.34. The van der Waals surface area contributed by atoms with Crippen molar-refractivity contribution in [2.24, 2.45) is 12.8 Å². The lowest BCUT2D eigenvalue weighted by atomic mass is 10.3. The van der Waals surface area contributed by atoms with Crippen LogP contribution in [0.25, 0.3) is 0 Å². The summed E-state index contributed by atoms with van der Waals surface area (Å²) in [6, 6.07) is 4.19. The van der Waals surface area contributed by atoms with Gasteiger partial charge in [-0.05, 0) is 6.07 Å². The molecule has 1 amide bonds. The van der Waals surface area contributed by atoms with Gasteiger partial charge in [-0.1, -0.05) is 0 Å². The summed E-state index contributed by atoms with van der Waals surface area (Å²) in [5.41, 5.74) is 4.62. The summed E-state index contributed by atoms with van der Waals surface area (Å²) in [4.78, 5) is 20.7. The van der Waals surface area contributed by atoms with Crippen molar-refractivity contribution in [2.75, 3.05) is 0 Å². The largest absolute Gasteiger partial charge is 0.436 e. The molecular weight excluding hydrogens is 271 g/mol. The van der Waals surface area contributed by atoms with E-state index in [-0.39, 0.29) is 17.3 Å². The molecule has 0 aliphatic rings. The third-order valence-corrected chi connectivity index (χ3v) is 2.43. The number of nitro benzene ring substituents is 1. The number of ether oxygens (including phenoxy) is 1. The standard InChI is InChI=1S/C11H9FN4O4/c1-15-10(5-8(14-15)11(13)17)20-9-3-2-6(16(18)19)4-7(9)12/h2-5H,1H3,(H2,13,17). The highest BCUT2D eigenvalue weighted by molar-refractivity contribution is 5.91. The Kier molecular flexibility index (Phi) is 3.34. The van der Waals surface area contributed by atoms with E-state index in [0.717, 1.165) is 18.2 Å². The number of hydrogen-bond acceptors (Lipinski definition) is 5. The second-order valence-corrected chi connectivity index (χ2v) is 3.83. The number of benzene rings is 1. The Morgan fingerprint density at radius 1 is 1.50 bits per heavy atom. The molecule has 0 spiro atoms. The molecular formula is C11H9FN4O4. The lowest BCUT2D eigenvalue weighted by molar-refractivity contribution is -0.385. The minimum Gasteiger partial charge on any atom is -0.436 e. The lowest BCUT2D eigenvalue weighted by Crippen LogP contribution is -2.11. The Morgan fingerprint density at radius 2 is 2.20 bits per heavy atom. The number of non-ortho nitro benzene ring substituents is 1. The van der Waals surface area contributed by atoms with Crippen LogP contribution in [0.1, 0.15) is 10.5 Å². The van der Waals surface area contributed by atoms with Gasteiger partial charge in [0.2, 0.25) is 5.88 Å². The quantitative estimate of drug-likeness (QED) is 0.671. The topological polar surface area (TPSA) is 113 Å². The third-order valence-electron chi connectivity index (χ3n) is 2.43. The van der Waals surface area contributed by atoms with E-state index in [9.17, 15) is 19.3 Å². The molecule has 0 unspecified atom stereocenters. The fraction of sp³-hybridized carbons (Fsp3) is 0.0909. The number of aromatic nitrogens is 2. The van der Waals surface area contributed by atoms with Gasteiger partial charge in [0.25, 0.3) is 11.6 Å². The molecule has 1 heterocycles. The van der Waals surface area contributed by atoms with Crippen molar-refractivity contribution in [1.82, 2.24) is 9.78 Å². The first-order chi connectivity index (χ1) is 9.38. The van der Waals surface area contributed by atoms with Crippen molar-refractivity contribution in [2.45, 2.75) is 0 Å². The van der Waals surface area contributed by atoms with Crippen LogP contribution in [0.3, 0.4) is 0 Å². The van der Waals surface area contributed by atoms with Crippen molar-refractivity contribution in [3.63, 3.8) is 0 Å². The van der Waals surface area contributed by atoms with Gasteiger partial charge in [-0.3, -0.25) is 14.9 Å². The number of rotatable bonds is 4. The van der Waals surface area contributed by atoms with Gasteiger partial charge in [0, 0.05) is 19.2 Å². The van der Waals surface area contributed by atoms with Gasteiger partial charge in [-0.15, -0.1) is 0 Å². The number of halogens is 1. The number of carbonyl (C=O) groups excluding carboxylic acids is 1. The summed E-state index contributed by atoms with van der Waals surface area (Å²) in [5.74, 6) is -1.80. The zero-order valence-electron chi connectivity index (χ0n) is 10.2. The number of nitrogens with two attached hydrogens (primary N) is 1. The van der Waals surface area contributed by atoms with Crippen LogP contribution in [0.2, 0.25) is 0 Å². The molecule has 0 radical (unpaired) electrons. The summed E-state index contributed by atoms with van der Waals surface area (Å²) in [5, 5.41) is 14.3. The van der Waals surface area contributed by atoms with E-state index in [2.05, 4.69) is 5.10 Å². The molecule has 0 fully saturated rings. The second-order valence-electron chi connectivity index (χ2n) is 3.83. The summed E-state index contributed by atoms with van der Waals surface area (Å²) in [6.07, 6.45) is 0. The zero-order valence-corrected chi connectivity index (χ0v) is 10.2. The number of nitrogens with zero attached hydrogens (tertiary/aromatic N) is 3. The molecule has 0 atom stereocenters. The van der Waals surface area contributed by atoms with Crippen LogP contribution >= 0.6 is 0 Å². The minimum atomic E-state index is -0.902. The molecule has 0 saturated carbocycles. The monoisotopic (exact) mass is 280 g/mol. The number of primary amides is 1. The maximum atomic E-state index is 13.6. The van der Waals surface area contributed by atoms with E-state index in [1.54, 1.807) is 0 Å². The van der Waals surface area contributed by atoms with E-state index >= 15 is 0 Å².